The first-order chi connectivity index (χ1) is 9.06. The van der Waals surface area contributed by atoms with Crippen LogP contribution in [0.3, 0.4) is 0 Å². The topological polar surface area (TPSA) is 52.6 Å². The minimum Gasteiger partial charge on any atom is -0.384 e. The maximum absolute atomic E-state index is 12.1. The quantitative estimate of drug-likeness (QED) is 0.784. The van der Waals surface area contributed by atoms with Gasteiger partial charge >= 0.3 is 0 Å². The predicted octanol–water partition coefficient (Wildman–Crippen LogP) is 0.710. The molecule has 102 valence electrons. The second kappa shape index (κ2) is 7.57. The number of benzene rings is 1. The lowest BCUT2D eigenvalue weighted by Crippen LogP contribution is -2.38. The van der Waals surface area contributed by atoms with E-state index in [9.17, 15) is 4.79 Å². The Morgan fingerprint density at radius 3 is 2.74 bits per heavy atom. The van der Waals surface area contributed by atoms with Gasteiger partial charge in [-0.25, -0.2) is 0 Å². The van der Waals surface area contributed by atoms with Crippen LogP contribution in [0.25, 0.3) is 0 Å². The van der Waals surface area contributed by atoms with Crippen molar-refractivity contribution in [1.82, 2.24) is 10.2 Å². The second-order valence-electron chi connectivity index (χ2n) is 4.53. The van der Waals surface area contributed by atoms with Crippen LogP contribution < -0.4 is 5.32 Å². The smallest absolute Gasteiger partial charge is 0.252 e. The fourth-order valence-corrected chi connectivity index (χ4v) is 1.44. The minimum absolute atomic E-state index is 0.142. The molecule has 0 aliphatic rings. The Morgan fingerprint density at radius 1 is 1.42 bits per heavy atom. The Labute approximate surface area is 114 Å². The summed E-state index contributed by atoms with van der Waals surface area (Å²) in [6.45, 7) is 2.40. The average Bonchev–Trinajstić information content (AvgIpc) is 2.42. The number of hydrogen-bond acceptors (Lipinski definition) is 3. The highest BCUT2D eigenvalue weighted by molar-refractivity contribution is 5.96. The largest absolute Gasteiger partial charge is 0.384 e. The highest BCUT2D eigenvalue weighted by atomic mass is 16.2. The third kappa shape index (κ3) is 4.74. The molecule has 0 radical (unpaired) electrons. The summed E-state index contributed by atoms with van der Waals surface area (Å²) >= 11 is 0. The van der Waals surface area contributed by atoms with E-state index in [1.54, 1.807) is 18.2 Å². The van der Waals surface area contributed by atoms with E-state index in [2.05, 4.69) is 17.2 Å². The van der Waals surface area contributed by atoms with E-state index >= 15 is 0 Å². The fourth-order valence-electron chi connectivity index (χ4n) is 1.44. The molecule has 1 aromatic rings. The Hall–Kier alpha value is -1.83. The number of rotatable bonds is 4. The molecule has 2 N–H and O–H groups in total. The van der Waals surface area contributed by atoms with E-state index in [1.807, 2.05) is 32.0 Å². The summed E-state index contributed by atoms with van der Waals surface area (Å²) in [4.78, 5) is 14.1. The van der Waals surface area contributed by atoms with Crippen LogP contribution in [-0.2, 0) is 0 Å². The number of nitrogens with one attached hydrogen (secondary N) is 1. The summed E-state index contributed by atoms with van der Waals surface area (Å²) in [5.74, 6) is 5.20. The molecule has 4 heteroatoms. The molecule has 4 nitrogen and oxygen atoms in total. The van der Waals surface area contributed by atoms with Gasteiger partial charge in [-0.2, -0.15) is 0 Å². The molecule has 0 aliphatic carbocycles. The van der Waals surface area contributed by atoms with Gasteiger partial charge in [-0.15, -0.1) is 0 Å². The van der Waals surface area contributed by atoms with E-state index in [1.165, 1.54) is 0 Å². The van der Waals surface area contributed by atoms with Gasteiger partial charge in [0.15, 0.2) is 0 Å². The summed E-state index contributed by atoms with van der Waals surface area (Å²) in [5.41, 5.74) is 1.17. The zero-order chi connectivity index (χ0) is 14.3. The van der Waals surface area contributed by atoms with Crippen molar-refractivity contribution in [3.63, 3.8) is 0 Å². The molecule has 1 amide bonds. The van der Waals surface area contributed by atoms with Crippen LogP contribution in [0.4, 0.5) is 0 Å². The van der Waals surface area contributed by atoms with Crippen LogP contribution in [-0.4, -0.2) is 49.2 Å². The number of carbonyl (C=O) groups is 1. The number of likely N-dealkylation sites (N-methyl/N-ethyl adjacent to an activating group) is 1. The van der Waals surface area contributed by atoms with Crippen LogP contribution in [0.5, 0.6) is 0 Å². The molecule has 0 saturated carbocycles. The molecular weight excluding hydrogens is 240 g/mol. The van der Waals surface area contributed by atoms with Crippen molar-refractivity contribution in [2.75, 3.05) is 27.2 Å². The molecule has 0 saturated heterocycles. The van der Waals surface area contributed by atoms with Gasteiger partial charge in [0.1, 0.15) is 6.61 Å². The standard InChI is InChI=1S/C15H20N2O2/c1-12(17(2)3)11-16-15(19)14-9-5-4-7-13(14)8-6-10-18/h4-5,7,9,12,18H,10-11H2,1-3H3,(H,16,19). The molecule has 0 fully saturated rings. The first-order valence-corrected chi connectivity index (χ1v) is 6.19. The van der Waals surface area contributed by atoms with Gasteiger partial charge in [0.25, 0.3) is 5.91 Å². The van der Waals surface area contributed by atoms with Gasteiger partial charge in [-0.05, 0) is 33.2 Å². The van der Waals surface area contributed by atoms with E-state index in [4.69, 9.17) is 5.11 Å². The van der Waals surface area contributed by atoms with E-state index < -0.39 is 0 Å². The third-order valence-corrected chi connectivity index (χ3v) is 2.91. The Bertz CT molecular complexity index is 486. The normalized spacial score (nSPS) is 11.6. The van der Waals surface area contributed by atoms with E-state index in [0.29, 0.717) is 17.7 Å². The molecule has 0 heterocycles. The van der Waals surface area contributed by atoms with Crippen molar-refractivity contribution in [2.45, 2.75) is 13.0 Å². The number of nitrogens with zero attached hydrogens (tertiary/aromatic N) is 1. The summed E-state index contributed by atoms with van der Waals surface area (Å²) < 4.78 is 0. The van der Waals surface area contributed by atoms with Crippen LogP contribution in [0.2, 0.25) is 0 Å². The van der Waals surface area contributed by atoms with Crippen molar-refractivity contribution >= 4 is 5.91 Å². The van der Waals surface area contributed by atoms with Crippen LogP contribution in [0.15, 0.2) is 24.3 Å². The fraction of sp³-hybridized carbons (Fsp3) is 0.400. The molecule has 1 unspecified atom stereocenters. The minimum atomic E-state index is -0.215. The second-order valence-corrected chi connectivity index (χ2v) is 4.53. The Balaban J connectivity index is 2.77. The number of hydrogen-bond donors (Lipinski definition) is 2. The summed E-state index contributed by atoms with van der Waals surface area (Å²) in [7, 11) is 3.94. The molecule has 0 aliphatic heterocycles. The van der Waals surface area contributed by atoms with Gasteiger partial charge in [-0.1, -0.05) is 24.0 Å². The lowest BCUT2D eigenvalue weighted by molar-refractivity contribution is 0.0943. The third-order valence-electron chi connectivity index (χ3n) is 2.91. The Morgan fingerprint density at radius 2 is 2.11 bits per heavy atom. The van der Waals surface area contributed by atoms with Gasteiger partial charge < -0.3 is 15.3 Å². The Kier molecular flexibility index (Phi) is 6.07. The lowest BCUT2D eigenvalue weighted by Gasteiger charge is -2.20. The molecule has 19 heavy (non-hydrogen) atoms. The zero-order valence-electron chi connectivity index (χ0n) is 11.6. The molecule has 1 aromatic carbocycles. The molecule has 0 aromatic heterocycles. The van der Waals surface area contributed by atoms with Crippen LogP contribution in [0, 0.1) is 11.8 Å². The average molecular weight is 260 g/mol. The van der Waals surface area contributed by atoms with E-state index in [0.717, 1.165) is 0 Å². The number of carbonyl (C=O) groups excluding carboxylic acids is 1. The molecular formula is C15H20N2O2. The van der Waals surface area contributed by atoms with Crippen LogP contribution in [0.1, 0.15) is 22.8 Å². The molecule has 0 spiro atoms. The SMILES string of the molecule is CC(CNC(=O)c1ccccc1C#CCO)N(C)C. The van der Waals surface area contributed by atoms with Gasteiger partial charge in [-0.3, -0.25) is 4.79 Å². The summed E-state index contributed by atoms with van der Waals surface area (Å²) in [6.07, 6.45) is 0. The molecule has 1 rings (SSSR count). The van der Waals surface area contributed by atoms with Crippen molar-refractivity contribution < 1.29 is 9.90 Å². The monoisotopic (exact) mass is 260 g/mol. The van der Waals surface area contributed by atoms with Crippen LogP contribution >= 0.6 is 0 Å². The predicted molar refractivity (Wildman–Crippen MR) is 75.9 cm³/mol. The van der Waals surface area contributed by atoms with Crippen molar-refractivity contribution in [2.24, 2.45) is 0 Å². The first-order valence-electron chi connectivity index (χ1n) is 6.19. The van der Waals surface area contributed by atoms with Crippen molar-refractivity contribution in [3.05, 3.63) is 35.4 Å². The number of aliphatic hydroxyl groups is 1. The van der Waals surface area contributed by atoms with Crippen molar-refractivity contribution in [3.8, 4) is 11.8 Å². The summed E-state index contributed by atoms with van der Waals surface area (Å²) in [5, 5.41) is 11.6. The lowest BCUT2D eigenvalue weighted by atomic mass is 10.1. The number of aliphatic hydroxyl groups excluding tert-OH is 1. The highest BCUT2D eigenvalue weighted by Gasteiger charge is 2.11. The van der Waals surface area contributed by atoms with Gasteiger partial charge in [0, 0.05) is 18.2 Å². The van der Waals surface area contributed by atoms with E-state index in [-0.39, 0.29) is 18.6 Å². The molecule has 0 bridgehead atoms. The van der Waals surface area contributed by atoms with Gasteiger partial charge in [0.2, 0.25) is 0 Å². The highest BCUT2D eigenvalue weighted by Crippen LogP contribution is 2.07. The maximum atomic E-state index is 12.1. The summed E-state index contributed by atoms with van der Waals surface area (Å²) in [6, 6.07) is 7.39. The molecule has 1 atom stereocenters. The maximum Gasteiger partial charge on any atom is 0.252 e. The number of amides is 1. The van der Waals surface area contributed by atoms with Gasteiger partial charge in [0.05, 0.1) is 5.56 Å². The zero-order valence-corrected chi connectivity index (χ0v) is 11.6. The first kappa shape index (κ1) is 15.2. The van der Waals surface area contributed by atoms with Crippen molar-refractivity contribution in [1.29, 1.82) is 0 Å².